The summed E-state index contributed by atoms with van der Waals surface area (Å²) in [5.41, 5.74) is 0.837. The fourth-order valence-electron chi connectivity index (χ4n) is 3.56. The summed E-state index contributed by atoms with van der Waals surface area (Å²) in [5, 5.41) is 3.01. The van der Waals surface area contributed by atoms with Crippen molar-refractivity contribution >= 4 is 11.6 Å². The number of carbonyl (C=O) groups is 1. The quantitative estimate of drug-likeness (QED) is 0.236. The van der Waals surface area contributed by atoms with Crippen LogP contribution in [0, 0.1) is 0 Å². The lowest BCUT2D eigenvalue weighted by Crippen LogP contribution is -2.11. The standard InChI is InChI=1S/C26H45NO2/c1-3-5-7-9-10-11-12-13-14-15-16-21-26(28)27-24-19-18-20-25(23-24)29-22-17-8-6-4-2/h18-20,23H,3-17,21-22H2,1-2H3,(H,27,28). The summed E-state index contributed by atoms with van der Waals surface area (Å²) in [7, 11) is 0. The molecule has 1 amide bonds. The van der Waals surface area contributed by atoms with E-state index >= 15 is 0 Å². The van der Waals surface area contributed by atoms with Gasteiger partial charge in [-0.3, -0.25) is 4.79 Å². The van der Waals surface area contributed by atoms with Crippen LogP contribution in [0.1, 0.15) is 117 Å². The second-order valence-corrected chi connectivity index (χ2v) is 8.27. The molecule has 0 aliphatic rings. The number of amides is 1. The Balaban J connectivity index is 2.04. The van der Waals surface area contributed by atoms with Crippen molar-refractivity contribution in [3.63, 3.8) is 0 Å². The van der Waals surface area contributed by atoms with E-state index < -0.39 is 0 Å². The van der Waals surface area contributed by atoms with Crippen molar-refractivity contribution in [1.82, 2.24) is 0 Å². The monoisotopic (exact) mass is 403 g/mol. The smallest absolute Gasteiger partial charge is 0.224 e. The van der Waals surface area contributed by atoms with E-state index in [9.17, 15) is 4.79 Å². The predicted octanol–water partition coefficient (Wildman–Crippen LogP) is 8.29. The summed E-state index contributed by atoms with van der Waals surface area (Å²) >= 11 is 0. The van der Waals surface area contributed by atoms with Gasteiger partial charge in [0, 0.05) is 18.2 Å². The number of hydrogen-bond acceptors (Lipinski definition) is 2. The first-order valence-corrected chi connectivity index (χ1v) is 12.3. The van der Waals surface area contributed by atoms with Gasteiger partial charge in [-0.2, -0.15) is 0 Å². The van der Waals surface area contributed by atoms with E-state index in [1.54, 1.807) is 0 Å². The normalized spacial score (nSPS) is 10.8. The third-order valence-corrected chi connectivity index (χ3v) is 5.39. The van der Waals surface area contributed by atoms with E-state index in [0.717, 1.165) is 37.3 Å². The average molecular weight is 404 g/mol. The second kappa shape index (κ2) is 18.5. The van der Waals surface area contributed by atoms with Gasteiger partial charge in [0.05, 0.1) is 6.61 Å². The highest BCUT2D eigenvalue weighted by molar-refractivity contribution is 5.90. The number of nitrogens with one attached hydrogen (secondary N) is 1. The number of hydrogen-bond donors (Lipinski definition) is 1. The Kier molecular flexibility index (Phi) is 16.3. The third-order valence-electron chi connectivity index (χ3n) is 5.39. The van der Waals surface area contributed by atoms with Gasteiger partial charge in [-0.05, 0) is 25.0 Å². The zero-order chi connectivity index (χ0) is 21.0. The molecular weight excluding hydrogens is 358 g/mol. The minimum absolute atomic E-state index is 0.112. The molecule has 0 bridgehead atoms. The fourth-order valence-corrected chi connectivity index (χ4v) is 3.56. The molecule has 0 spiro atoms. The average Bonchev–Trinajstić information content (AvgIpc) is 2.72. The van der Waals surface area contributed by atoms with Crippen molar-refractivity contribution in [3.05, 3.63) is 24.3 Å². The summed E-state index contributed by atoms with van der Waals surface area (Å²) < 4.78 is 5.80. The van der Waals surface area contributed by atoms with Gasteiger partial charge >= 0.3 is 0 Å². The molecule has 0 radical (unpaired) electrons. The van der Waals surface area contributed by atoms with Crippen LogP contribution in [0.15, 0.2) is 24.3 Å². The largest absolute Gasteiger partial charge is 0.494 e. The molecule has 0 unspecified atom stereocenters. The van der Waals surface area contributed by atoms with Crippen molar-refractivity contribution in [1.29, 1.82) is 0 Å². The van der Waals surface area contributed by atoms with Crippen LogP contribution in [-0.4, -0.2) is 12.5 Å². The maximum Gasteiger partial charge on any atom is 0.224 e. The van der Waals surface area contributed by atoms with Crippen LogP contribution in [0.2, 0.25) is 0 Å². The Morgan fingerprint density at radius 3 is 1.93 bits per heavy atom. The molecule has 1 aromatic carbocycles. The van der Waals surface area contributed by atoms with E-state index in [0.29, 0.717) is 6.42 Å². The molecule has 0 saturated heterocycles. The number of unbranched alkanes of at least 4 members (excludes halogenated alkanes) is 13. The highest BCUT2D eigenvalue weighted by atomic mass is 16.5. The molecule has 0 aliphatic carbocycles. The number of benzene rings is 1. The molecule has 0 fully saturated rings. The molecule has 29 heavy (non-hydrogen) atoms. The van der Waals surface area contributed by atoms with Crippen LogP contribution in [0.25, 0.3) is 0 Å². The van der Waals surface area contributed by atoms with Crippen molar-refractivity contribution in [2.24, 2.45) is 0 Å². The lowest BCUT2D eigenvalue weighted by atomic mass is 10.1. The molecule has 0 aromatic heterocycles. The zero-order valence-corrected chi connectivity index (χ0v) is 19.1. The highest BCUT2D eigenvalue weighted by Gasteiger charge is 2.04. The van der Waals surface area contributed by atoms with Gasteiger partial charge < -0.3 is 10.1 Å². The van der Waals surface area contributed by atoms with Gasteiger partial charge in [0.15, 0.2) is 0 Å². The molecule has 0 heterocycles. The molecule has 166 valence electrons. The summed E-state index contributed by atoms with van der Waals surface area (Å²) in [6.45, 7) is 5.22. The minimum atomic E-state index is 0.112. The van der Waals surface area contributed by atoms with Gasteiger partial charge in [-0.1, -0.05) is 103 Å². The van der Waals surface area contributed by atoms with Gasteiger partial charge in [-0.15, -0.1) is 0 Å². The van der Waals surface area contributed by atoms with E-state index in [-0.39, 0.29) is 5.91 Å². The van der Waals surface area contributed by atoms with Crippen LogP contribution in [0.5, 0.6) is 5.75 Å². The lowest BCUT2D eigenvalue weighted by molar-refractivity contribution is -0.116. The van der Waals surface area contributed by atoms with Crippen molar-refractivity contribution < 1.29 is 9.53 Å². The Morgan fingerprint density at radius 2 is 1.31 bits per heavy atom. The summed E-state index contributed by atoms with van der Waals surface area (Å²) in [6.07, 6.45) is 19.8. The highest BCUT2D eigenvalue weighted by Crippen LogP contribution is 2.18. The SMILES string of the molecule is CCCCCCCCCCCCCC(=O)Nc1cccc(OCCCCCC)c1. The third kappa shape index (κ3) is 15.1. The van der Waals surface area contributed by atoms with Gasteiger partial charge in [0.25, 0.3) is 0 Å². The molecule has 0 saturated carbocycles. The van der Waals surface area contributed by atoms with Crippen LogP contribution in [0.3, 0.4) is 0 Å². The number of carbonyl (C=O) groups excluding carboxylic acids is 1. The molecule has 0 aliphatic heterocycles. The van der Waals surface area contributed by atoms with Gasteiger partial charge in [0.1, 0.15) is 5.75 Å². The second-order valence-electron chi connectivity index (χ2n) is 8.27. The number of rotatable bonds is 19. The van der Waals surface area contributed by atoms with Crippen molar-refractivity contribution in [2.75, 3.05) is 11.9 Å². The molecule has 3 nitrogen and oxygen atoms in total. The summed E-state index contributed by atoms with van der Waals surface area (Å²) in [5.74, 6) is 0.954. The zero-order valence-electron chi connectivity index (χ0n) is 19.1. The van der Waals surface area contributed by atoms with Crippen molar-refractivity contribution in [2.45, 2.75) is 117 Å². The first-order chi connectivity index (χ1) is 14.3. The Labute approximate surface area is 180 Å². The molecule has 1 aromatic rings. The first-order valence-electron chi connectivity index (χ1n) is 12.3. The Hall–Kier alpha value is -1.51. The Bertz CT molecular complexity index is 515. The van der Waals surface area contributed by atoms with Crippen LogP contribution < -0.4 is 10.1 Å². The molecule has 1 rings (SSSR count). The molecular formula is C26H45NO2. The van der Waals surface area contributed by atoms with Crippen LogP contribution in [0.4, 0.5) is 5.69 Å². The molecule has 3 heteroatoms. The van der Waals surface area contributed by atoms with E-state index in [4.69, 9.17) is 4.74 Å². The van der Waals surface area contributed by atoms with E-state index in [1.165, 1.54) is 77.0 Å². The van der Waals surface area contributed by atoms with Gasteiger partial charge in [-0.25, -0.2) is 0 Å². The number of anilines is 1. The fraction of sp³-hybridized carbons (Fsp3) is 0.731. The van der Waals surface area contributed by atoms with Gasteiger partial charge in [0.2, 0.25) is 5.91 Å². The number of ether oxygens (including phenoxy) is 1. The van der Waals surface area contributed by atoms with Crippen LogP contribution >= 0.6 is 0 Å². The van der Waals surface area contributed by atoms with E-state index in [1.807, 2.05) is 24.3 Å². The lowest BCUT2D eigenvalue weighted by Gasteiger charge is -2.09. The van der Waals surface area contributed by atoms with E-state index in [2.05, 4.69) is 19.2 Å². The first kappa shape index (κ1) is 25.5. The predicted molar refractivity (Wildman–Crippen MR) is 126 cm³/mol. The molecule has 0 atom stereocenters. The summed E-state index contributed by atoms with van der Waals surface area (Å²) in [6, 6.07) is 7.76. The summed E-state index contributed by atoms with van der Waals surface area (Å²) in [4.78, 5) is 12.2. The Morgan fingerprint density at radius 1 is 0.759 bits per heavy atom. The maximum absolute atomic E-state index is 12.2. The van der Waals surface area contributed by atoms with Crippen LogP contribution in [-0.2, 0) is 4.79 Å². The maximum atomic E-state index is 12.2. The topological polar surface area (TPSA) is 38.3 Å². The minimum Gasteiger partial charge on any atom is -0.494 e. The molecule has 1 N–H and O–H groups in total. The van der Waals surface area contributed by atoms with Crippen molar-refractivity contribution in [3.8, 4) is 5.75 Å².